The number of nitrogen functional groups attached to an aromatic ring is 1. The van der Waals surface area contributed by atoms with E-state index in [-0.39, 0.29) is 6.61 Å². The molecular weight excluding hydrogens is 216 g/mol. The summed E-state index contributed by atoms with van der Waals surface area (Å²) in [6.45, 7) is 2.64. The molecule has 0 saturated carbocycles. The lowest BCUT2D eigenvalue weighted by Gasteiger charge is -2.14. The van der Waals surface area contributed by atoms with Gasteiger partial charge < -0.3 is 20.5 Å². The zero-order valence-corrected chi connectivity index (χ0v) is 10.4. The number of aliphatic hydroxyl groups excluding tert-OH is 1. The lowest BCUT2D eigenvalue weighted by Crippen LogP contribution is -2.23. The smallest absolute Gasteiger partial charge is 0.121 e. The van der Waals surface area contributed by atoms with Gasteiger partial charge in [-0.05, 0) is 38.6 Å². The van der Waals surface area contributed by atoms with E-state index < -0.39 is 0 Å². The molecule has 4 nitrogen and oxygen atoms in total. The minimum absolute atomic E-state index is 0.219. The predicted molar refractivity (Wildman–Crippen MR) is 70.2 cm³/mol. The summed E-state index contributed by atoms with van der Waals surface area (Å²) in [5.74, 6) is 0.828. The Balaban J connectivity index is 2.08. The number of aliphatic hydroxyl groups is 1. The first-order chi connectivity index (χ1) is 8.22. The van der Waals surface area contributed by atoms with Crippen molar-refractivity contribution in [2.45, 2.75) is 12.8 Å². The van der Waals surface area contributed by atoms with Crippen LogP contribution in [0.1, 0.15) is 12.8 Å². The molecule has 0 spiro atoms. The highest BCUT2D eigenvalue weighted by Gasteiger charge is 1.98. The fourth-order valence-corrected chi connectivity index (χ4v) is 1.56. The summed E-state index contributed by atoms with van der Waals surface area (Å²) in [7, 11) is 2.01. The van der Waals surface area contributed by atoms with Crippen molar-refractivity contribution in [2.24, 2.45) is 0 Å². The van der Waals surface area contributed by atoms with Crippen LogP contribution in [0.2, 0.25) is 0 Å². The van der Waals surface area contributed by atoms with Crippen LogP contribution >= 0.6 is 0 Å². The van der Waals surface area contributed by atoms with Crippen LogP contribution < -0.4 is 10.5 Å². The van der Waals surface area contributed by atoms with Gasteiger partial charge in [-0.15, -0.1) is 0 Å². The normalized spacial score (nSPS) is 10.8. The van der Waals surface area contributed by atoms with E-state index in [1.54, 1.807) is 0 Å². The third-order valence-corrected chi connectivity index (χ3v) is 2.54. The van der Waals surface area contributed by atoms with Crippen LogP contribution in [0.4, 0.5) is 5.69 Å². The number of unbranched alkanes of at least 4 members (excludes halogenated alkanes) is 1. The number of ether oxygens (including phenoxy) is 1. The van der Waals surface area contributed by atoms with E-state index in [9.17, 15) is 0 Å². The fraction of sp³-hybridized carbons (Fsp3) is 0.538. The molecular formula is C13H22N2O2. The number of nitrogens with zero attached hydrogens (tertiary/aromatic N) is 1. The highest BCUT2D eigenvalue weighted by atomic mass is 16.5. The van der Waals surface area contributed by atoms with Gasteiger partial charge in [0.25, 0.3) is 0 Å². The van der Waals surface area contributed by atoms with Crippen LogP contribution in [0, 0.1) is 0 Å². The standard InChI is InChI=1S/C13H22N2O2/c1-15(8-9-16)7-2-3-10-17-13-6-4-5-12(14)11-13/h4-6,11,16H,2-3,7-10,14H2,1H3. The first-order valence-corrected chi connectivity index (χ1v) is 6.00. The maximum absolute atomic E-state index is 8.74. The molecule has 0 bridgehead atoms. The Morgan fingerprint density at radius 1 is 1.29 bits per heavy atom. The van der Waals surface area contributed by atoms with Gasteiger partial charge in [0.2, 0.25) is 0 Å². The van der Waals surface area contributed by atoms with Gasteiger partial charge in [0.1, 0.15) is 5.75 Å². The molecule has 0 heterocycles. The van der Waals surface area contributed by atoms with Crippen LogP contribution in [0.5, 0.6) is 5.75 Å². The average Bonchev–Trinajstić information content (AvgIpc) is 2.29. The second kappa shape index (κ2) is 7.92. The lowest BCUT2D eigenvalue weighted by molar-refractivity contribution is 0.215. The molecule has 0 unspecified atom stereocenters. The van der Waals surface area contributed by atoms with Gasteiger partial charge in [-0.2, -0.15) is 0 Å². The van der Waals surface area contributed by atoms with Crippen molar-refractivity contribution in [2.75, 3.05) is 39.1 Å². The van der Waals surface area contributed by atoms with Crippen LogP contribution in [-0.2, 0) is 0 Å². The van der Waals surface area contributed by atoms with Crippen LogP contribution in [0.25, 0.3) is 0 Å². The first kappa shape index (κ1) is 13.8. The molecule has 96 valence electrons. The minimum atomic E-state index is 0.219. The van der Waals surface area contributed by atoms with E-state index in [2.05, 4.69) is 4.90 Å². The summed E-state index contributed by atoms with van der Waals surface area (Å²) in [4.78, 5) is 2.11. The SMILES string of the molecule is CN(CCO)CCCCOc1cccc(N)c1. The molecule has 1 rings (SSSR count). The van der Waals surface area contributed by atoms with E-state index in [0.717, 1.165) is 37.4 Å². The van der Waals surface area contributed by atoms with Crippen molar-refractivity contribution in [3.63, 3.8) is 0 Å². The largest absolute Gasteiger partial charge is 0.494 e. The summed E-state index contributed by atoms with van der Waals surface area (Å²) in [6, 6.07) is 7.47. The number of nitrogens with two attached hydrogens (primary N) is 1. The van der Waals surface area contributed by atoms with Gasteiger partial charge in [0.15, 0.2) is 0 Å². The van der Waals surface area contributed by atoms with Crippen molar-refractivity contribution in [1.82, 2.24) is 4.90 Å². The Morgan fingerprint density at radius 2 is 2.12 bits per heavy atom. The van der Waals surface area contributed by atoms with E-state index in [4.69, 9.17) is 15.6 Å². The second-order valence-electron chi connectivity index (χ2n) is 4.15. The van der Waals surface area contributed by atoms with Crippen molar-refractivity contribution >= 4 is 5.69 Å². The average molecular weight is 238 g/mol. The van der Waals surface area contributed by atoms with E-state index in [1.165, 1.54) is 0 Å². The minimum Gasteiger partial charge on any atom is -0.494 e. The van der Waals surface area contributed by atoms with Crippen LogP contribution in [-0.4, -0.2) is 43.4 Å². The Bertz CT molecular complexity index is 318. The monoisotopic (exact) mass is 238 g/mol. The van der Waals surface area contributed by atoms with Crippen molar-refractivity contribution in [1.29, 1.82) is 0 Å². The first-order valence-electron chi connectivity index (χ1n) is 6.00. The van der Waals surface area contributed by atoms with Gasteiger partial charge in [-0.1, -0.05) is 6.07 Å². The van der Waals surface area contributed by atoms with Crippen molar-refractivity contribution in [3.8, 4) is 5.75 Å². The summed E-state index contributed by atoms with van der Waals surface area (Å²) in [6.07, 6.45) is 2.07. The highest BCUT2D eigenvalue weighted by Crippen LogP contribution is 2.14. The quantitative estimate of drug-likeness (QED) is 0.530. The molecule has 0 aliphatic heterocycles. The van der Waals surface area contributed by atoms with E-state index >= 15 is 0 Å². The maximum atomic E-state index is 8.74. The molecule has 0 fully saturated rings. The number of likely N-dealkylation sites (N-methyl/N-ethyl adjacent to an activating group) is 1. The van der Waals surface area contributed by atoms with Crippen molar-refractivity contribution in [3.05, 3.63) is 24.3 Å². The van der Waals surface area contributed by atoms with Crippen LogP contribution in [0.15, 0.2) is 24.3 Å². The molecule has 0 saturated heterocycles. The molecule has 0 aliphatic carbocycles. The lowest BCUT2D eigenvalue weighted by atomic mass is 10.3. The molecule has 0 aliphatic rings. The zero-order chi connectivity index (χ0) is 12.5. The molecule has 0 radical (unpaired) electrons. The van der Waals surface area contributed by atoms with Gasteiger partial charge in [-0.25, -0.2) is 0 Å². The number of hydrogen-bond acceptors (Lipinski definition) is 4. The molecule has 17 heavy (non-hydrogen) atoms. The fourth-order valence-electron chi connectivity index (χ4n) is 1.56. The maximum Gasteiger partial charge on any atom is 0.121 e. The summed E-state index contributed by atoms with van der Waals surface area (Å²) in [5, 5.41) is 8.74. The van der Waals surface area contributed by atoms with Gasteiger partial charge in [-0.3, -0.25) is 0 Å². The second-order valence-corrected chi connectivity index (χ2v) is 4.15. The third-order valence-electron chi connectivity index (χ3n) is 2.54. The highest BCUT2D eigenvalue weighted by molar-refractivity contribution is 5.43. The van der Waals surface area contributed by atoms with Gasteiger partial charge >= 0.3 is 0 Å². The van der Waals surface area contributed by atoms with Crippen molar-refractivity contribution < 1.29 is 9.84 Å². The Labute approximate surface area is 103 Å². The van der Waals surface area contributed by atoms with Crippen LogP contribution in [0.3, 0.4) is 0 Å². The Morgan fingerprint density at radius 3 is 2.82 bits per heavy atom. The van der Waals surface area contributed by atoms with E-state index in [1.807, 2.05) is 31.3 Å². The Hall–Kier alpha value is -1.26. The molecule has 0 amide bonds. The van der Waals surface area contributed by atoms with Gasteiger partial charge in [0.05, 0.1) is 13.2 Å². The summed E-state index contributed by atoms with van der Waals surface area (Å²) >= 11 is 0. The topological polar surface area (TPSA) is 58.7 Å². The predicted octanol–water partition coefficient (Wildman–Crippen LogP) is 1.35. The summed E-state index contributed by atoms with van der Waals surface area (Å²) < 4.78 is 5.58. The molecule has 0 atom stereocenters. The Kier molecular flexibility index (Phi) is 6.43. The molecule has 3 N–H and O–H groups in total. The number of hydrogen-bond donors (Lipinski definition) is 2. The molecule has 4 heteroatoms. The molecule has 0 aromatic heterocycles. The third kappa shape index (κ3) is 6.14. The molecule has 1 aromatic carbocycles. The summed E-state index contributed by atoms with van der Waals surface area (Å²) in [5.41, 5.74) is 6.38. The van der Waals surface area contributed by atoms with Gasteiger partial charge in [0, 0.05) is 18.3 Å². The number of benzene rings is 1. The van der Waals surface area contributed by atoms with E-state index in [0.29, 0.717) is 6.61 Å². The number of rotatable bonds is 8. The molecule has 1 aromatic rings. The number of anilines is 1. The zero-order valence-electron chi connectivity index (χ0n) is 10.4.